The molecule has 0 N–H and O–H groups in total. The Morgan fingerprint density at radius 3 is 1.87 bits per heavy atom. The van der Waals surface area contributed by atoms with E-state index in [1.165, 1.54) is 25.7 Å². The first-order valence-corrected chi connectivity index (χ1v) is 6.06. The summed E-state index contributed by atoms with van der Waals surface area (Å²) < 4.78 is 0. The van der Waals surface area contributed by atoms with Crippen LogP contribution < -0.4 is 0 Å². The molecule has 0 aromatic rings. The normalized spacial score (nSPS) is 12.9. The van der Waals surface area contributed by atoms with Crippen LogP contribution in [0.3, 0.4) is 0 Å². The highest BCUT2D eigenvalue weighted by molar-refractivity contribution is 5.15. The molecule has 84 valence electrons. The maximum Gasteiger partial charge on any atom is -0.0348 e. The molecule has 0 aromatic heterocycles. The molecule has 0 unspecified atom stereocenters. The van der Waals surface area contributed by atoms with Gasteiger partial charge in [-0.25, -0.2) is 0 Å². The second-order valence-electron chi connectivity index (χ2n) is 3.53. The Labute approximate surface area is 95.1 Å². The molecular formula is C15H24. The minimum absolute atomic E-state index is 1.10. The third kappa shape index (κ3) is 13.0. The highest BCUT2D eigenvalue weighted by Crippen LogP contribution is 1.99. The van der Waals surface area contributed by atoms with E-state index in [0.29, 0.717) is 0 Å². The molecule has 0 aliphatic heterocycles. The van der Waals surface area contributed by atoms with Gasteiger partial charge in [-0.2, -0.15) is 0 Å². The van der Waals surface area contributed by atoms with Crippen LogP contribution in [0.25, 0.3) is 0 Å². The molecular weight excluding hydrogens is 180 g/mol. The number of hydrogen-bond donors (Lipinski definition) is 0. The molecule has 15 heavy (non-hydrogen) atoms. The molecule has 0 heterocycles. The summed E-state index contributed by atoms with van der Waals surface area (Å²) in [6.07, 6.45) is 23.1. The first-order valence-electron chi connectivity index (χ1n) is 6.06. The zero-order valence-corrected chi connectivity index (χ0v) is 10.2. The van der Waals surface area contributed by atoms with Crippen molar-refractivity contribution in [2.75, 3.05) is 0 Å². The second-order valence-corrected chi connectivity index (χ2v) is 3.53. The van der Waals surface area contributed by atoms with Crippen LogP contribution in [-0.2, 0) is 0 Å². The fourth-order valence-corrected chi connectivity index (χ4v) is 1.16. The lowest BCUT2D eigenvalue weighted by atomic mass is 10.2. The summed E-state index contributed by atoms with van der Waals surface area (Å²) in [5, 5.41) is 0. The van der Waals surface area contributed by atoms with Crippen LogP contribution in [0.15, 0.2) is 48.6 Å². The minimum atomic E-state index is 1.10. The molecule has 0 fully saturated rings. The van der Waals surface area contributed by atoms with Gasteiger partial charge in [-0.3, -0.25) is 0 Å². The van der Waals surface area contributed by atoms with Crippen molar-refractivity contribution >= 4 is 0 Å². The molecule has 0 heteroatoms. The Morgan fingerprint density at radius 1 is 0.667 bits per heavy atom. The number of unbranched alkanes of at least 4 members (excludes halogenated alkanes) is 3. The zero-order valence-electron chi connectivity index (χ0n) is 10.2. The molecule has 0 aromatic carbocycles. The lowest BCUT2D eigenvalue weighted by molar-refractivity contribution is 0.729. The Bertz CT molecular complexity index is 216. The summed E-state index contributed by atoms with van der Waals surface area (Å²) in [5.41, 5.74) is 0. The monoisotopic (exact) mass is 204 g/mol. The standard InChI is InChI=1S/C15H24/c1-3-5-7-9-11-13-15-14-12-10-8-6-4-2/h5,7,9,11-15H,3-4,6,8,10H2,1-2H3. The highest BCUT2D eigenvalue weighted by Gasteiger charge is 1.79. The van der Waals surface area contributed by atoms with E-state index in [4.69, 9.17) is 0 Å². The summed E-state index contributed by atoms with van der Waals surface area (Å²) in [4.78, 5) is 0. The van der Waals surface area contributed by atoms with Crippen molar-refractivity contribution < 1.29 is 0 Å². The molecule has 0 radical (unpaired) electrons. The van der Waals surface area contributed by atoms with Crippen LogP contribution in [0.5, 0.6) is 0 Å². The molecule has 0 aliphatic carbocycles. The van der Waals surface area contributed by atoms with Gasteiger partial charge in [0, 0.05) is 0 Å². The quantitative estimate of drug-likeness (QED) is 0.376. The number of rotatable bonds is 8. The van der Waals surface area contributed by atoms with Gasteiger partial charge in [-0.05, 0) is 19.3 Å². The summed E-state index contributed by atoms with van der Waals surface area (Å²) >= 11 is 0. The lowest BCUT2D eigenvalue weighted by Crippen LogP contribution is -1.69. The molecule has 0 bridgehead atoms. The topological polar surface area (TPSA) is 0 Å². The Kier molecular flexibility index (Phi) is 12.1. The second kappa shape index (κ2) is 13.0. The van der Waals surface area contributed by atoms with Gasteiger partial charge < -0.3 is 0 Å². The molecule has 0 atom stereocenters. The van der Waals surface area contributed by atoms with Crippen LogP contribution in [0, 0.1) is 0 Å². The number of hydrogen-bond acceptors (Lipinski definition) is 0. The van der Waals surface area contributed by atoms with E-state index < -0.39 is 0 Å². The van der Waals surface area contributed by atoms with Crippen molar-refractivity contribution in [2.45, 2.75) is 46.0 Å². The van der Waals surface area contributed by atoms with Crippen molar-refractivity contribution in [3.63, 3.8) is 0 Å². The van der Waals surface area contributed by atoms with Crippen LogP contribution in [0.1, 0.15) is 46.0 Å². The predicted molar refractivity (Wildman–Crippen MR) is 71.0 cm³/mol. The van der Waals surface area contributed by atoms with Gasteiger partial charge in [0.1, 0.15) is 0 Å². The van der Waals surface area contributed by atoms with E-state index in [1.54, 1.807) is 0 Å². The van der Waals surface area contributed by atoms with Crippen LogP contribution >= 0.6 is 0 Å². The predicted octanol–water partition coefficient (Wildman–Crippen LogP) is 5.20. The minimum Gasteiger partial charge on any atom is -0.0848 e. The van der Waals surface area contributed by atoms with Gasteiger partial charge in [0.05, 0.1) is 0 Å². The van der Waals surface area contributed by atoms with Crippen LogP contribution in [-0.4, -0.2) is 0 Å². The van der Waals surface area contributed by atoms with Crippen molar-refractivity contribution in [1.29, 1.82) is 0 Å². The van der Waals surface area contributed by atoms with E-state index in [2.05, 4.69) is 62.5 Å². The Balaban J connectivity index is 3.44. The van der Waals surface area contributed by atoms with Gasteiger partial charge in [0.25, 0.3) is 0 Å². The molecule has 0 spiro atoms. The lowest BCUT2D eigenvalue weighted by Gasteiger charge is -1.89. The molecule has 0 amide bonds. The summed E-state index contributed by atoms with van der Waals surface area (Å²) in [7, 11) is 0. The highest BCUT2D eigenvalue weighted by atomic mass is 13.9. The molecule has 0 saturated heterocycles. The van der Waals surface area contributed by atoms with Gasteiger partial charge in [0.15, 0.2) is 0 Å². The van der Waals surface area contributed by atoms with Crippen LogP contribution in [0.2, 0.25) is 0 Å². The summed E-state index contributed by atoms with van der Waals surface area (Å²) in [6, 6.07) is 0. The van der Waals surface area contributed by atoms with Gasteiger partial charge in [0.2, 0.25) is 0 Å². The largest absolute Gasteiger partial charge is 0.0848 e. The SMILES string of the molecule is CCC=CC=CC=CC=CCCCCC. The molecule has 0 saturated carbocycles. The van der Waals surface area contributed by atoms with E-state index in [-0.39, 0.29) is 0 Å². The van der Waals surface area contributed by atoms with E-state index in [9.17, 15) is 0 Å². The molecule has 0 nitrogen and oxygen atoms in total. The fraction of sp³-hybridized carbons (Fsp3) is 0.467. The van der Waals surface area contributed by atoms with E-state index in [1.807, 2.05) is 0 Å². The van der Waals surface area contributed by atoms with Crippen molar-refractivity contribution in [3.8, 4) is 0 Å². The maximum atomic E-state index is 2.24. The Hall–Kier alpha value is -1.04. The van der Waals surface area contributed by atoms with Crippen molar-refractivity contribution in [2.24, 2.45) is 0 Å². The Morgan fingerprint density at radius 2 is 1.27 bits per heavy atom. The number of allylic oxidation sites excluding steroid dienone is 8. The van der Waals surface area contributed by atoms with Crippen molar-refractivity contribution in [3.05, 3.63) is 48.6 Å². The summed E-state index contributed by atoms with van der Waals surface area (Å²) in [6.45, 7) is 4.37. The van der Waals surface area contributed by atoms with Gasteiger partial charge in [-0.1, -0.05) is 75.3 Å². The average molecular weight is 204 g/mol. The maximum absolute atomic E-state index is 2.24. The van der Waals surface area contributed by atoms with Gasteiger partial charge >= 0.3 is 0 Å². The molecule has 0 rings (SSSR count). The summed E-state index contributed by atoms with van der Waals surface area (Å²) in [5.74, 6) is 0. The fourth-order valence-electron chi connectivity index (χ4n) is 1.16. The first-order chi connectivity index (χ1) is 7.41. The third-order valence-corrected chi connectivity index (χ3v) is 2.04. The molecule has 0 aliphatic rings. The van der Waals surface area contributed by atoms with E-state index in [0.717, 1.165) is 6.42 Å². The van der Waals surface area contributed by atoms with E-state index >= 15 is 0 Å². The van der Waals surface area contributed by atoms with Crippen LogP contribution in [0.4, 0.5) is 0 Å². The smallest absolute Gasteiger partial charge is 0.0348 e. The average Bonchev–Trinajstić information content (AvgIpc) is 2.26. The van der Waals surface area contributed by atoms with Crippen molar-refractivity contribution in [1.82, 2.24) is 0 Å². The zero-order chi connectivity index (χ0) is 11.2. The third-order valence-electron chi connectivity index (χ3n) is 2.04. The van der Waals surface area contributed by atoms with Gasteiger partial charge in [-0.15, -0.1) is 0 Å². The first kappa shape index (κ1) is 14.0.